The predicted molar refractivity (Wildman–Crippen MR) is 148 cm³/mol. The van der Waals surface area contributed by atoms with E-state index in [0.29, 0.717) is 0 Å². The third-order valence-corrected chi connectivity index (χ3v) is 6.77. The summed E-state index contributed by atoms with van der Waals surface area (Å²) >= 11 is 0. The average molecular weight is 466 g/mol. The van der Waals surface area contributed by atoms with Gasteiger partial charge in [-0.25, -0.2) is 0 Å². The number of nitrogens with zero attached hydrogens (tertiary/aromatic N) is 1. The minimum Gasteiger partial charge on any atom is -0.496 e. The van der Waals surface area contributed by atoms with Gasteiger partial charge >= 0.3 is 0 Å². The van der Waals surface area contributed by atoms with Gasteiger partial charge in [-0.15, -0.1) is 0 Å². The highest BCUT2D eigenvalue weighted by atomic mass is 16.5. The highest BCUT2D eigenvalue weighted by Gasteiger charge is 2.29. The van der Waals surface area contributed by atoms with Crippen LogP contribution in [0.3, 0.4) is 0 Å². The fourth-order valence-electron chi connectivity index (χ4n) is 4.88. The van der Waals surface area contributed by atoms with E-state index < -0.39 is 0 Å². The Balaban J connectivity index is 2.40. The molecule has 0 bridgehead atoms. The molecule has 0 N–H and O–H groups in total. The van der Waals surface area contributed by atoms with Crippen LogP contribution in [-0.2, 0) is 4.79 Å². The molecule has 0 aliphatic heterocycles. The predicted octanol–water partition coefficient (Wildman–Crippen LogP) is 8.55. The molecule has 0 atom stereocenters. The SMILES string of the molecule is CCCCC1=C(C=Cc2ccc(N(CCCC)CCCC)cc2OC)CC(C)(C)CC1=CC=O. The molecule has 0 unspecified atom stereocenters. The zero-order valence-electron chi connectivity index (χ0n) is 22.6. The molecule has 1 aliphatic rings. The lowest BCUT2D eigenvalue weighted by atomic mass is 9.70. The number of methoxy groups -OCH3 is 1. The summed E-state index contributed by atoms with van der Waals surface area (Å²) < 4.78 is 5.83. The number of hydrogen-bond donors (Lipinski definition) is 0. The van der Waals surface area contributed by atoms with E-state index in [1.54, 1.807) is 13.2 Å². The van der Waals surface area contributed by atoms with E-state index in [9.17, 15) is 4.79 Å². The van der Waals surface area contributed by atoms with Crippen molar-refractivity contribution < 1.29 is 9.53 Å². The first-order chi connectivity index (χ1) is 16.4. The molecule has 3 heteroatoms. The van der Waals surface area contributed by atoms with Crippen molar-refractivity contribution in [2.24, 2.45) is 5.41 Å². The molecule has 1 aromatic rings. The second-order valence-electron chi connectivity index (χ2n) is 10.4. The van der Waals surface area contributed by atoms with E-state index in [1.807, 2.05) is 0 Å². The van der Waals surface area contributed by atoms with Crippen LogP contribution in [0, 0.1) is 5.41 Å². The number of unbranched alkanes of at least 4 members (excludes halogenated alkanes) is 3. The number of allylic oxidation sites excluding steroid dienone is 5. The Morgan fingerprint density at radius 1 is 0.971 bits per heavy atom. The molecule has 188 valence electrons. The maximum atomic E-state index is 11.4. The average Bonchev–Trinajstić information content (AvgIpc) is 2.82. The highest BCUT2D eigenvalue weighted by molar-refractivity contribution is 5.70. The normalized spacial score (nSPS) is 16.9. The monoisotopic (exact) mass is 465 g/mol. The maximum absolute atomic E-state index is 11.4. The van der Waals surface area contributed by atoms with Crippen molar-refractivity contribution in [2.45, 2.75) is 92.4 Å². The smallest absolute Gasteiger partial charge is 0.143 e. The van der Waals surface area contributed by atoms with Crippen molar-refractivity contribution in [1.29, 1.82) is 0 Å². The van der Waals surface area contributed by atoms with E-state index in [-0.39, 0.29) is 5.41 Å². The Morgan fingerprint density at radius 3 is 2.24 bits per heavy atom. The quantitative estimate of drug-likeness (QED) is 0.204. The fourth-order valence-corrected chi connectivity index (χ4v) is 4.88. The van der Waals surface area contributed by atoms with Gasteiger partial charge in [0.05, 0.1) is 7.11 Å². The topological polar surface area (TPSA) is 29.5 Å². The summed E-state index contributed by atoms with van der Waals surface area (Å²) in [5.74, 6) is 0.918. The summed E-state index contributed by atoms with van der Waals surface area (Å²) in [7, 11) is 1.76. The molecule has 0 fully saturated rings. The van der Waals surface area contributed by atoms with Gasteiger partial charge in [-0.05, 0) is 78.9 Å². The molecular weight excluding hydrogens is 418 g/mol. The first-order valence-corrected chi connectivity index (χ1v) is 13.4. The summed E-state index contributed by atoms with van der Waals surface area (Å²) in [6.45, 7) is 13.5. The van der Waals surface area contributed by atoms with Gasteiger partial charge in [0.1, 0.15) is 12.0 Å². The molecule has 0 aromatic heterocycles. The third-order valence-electron chi connectivity index (χ3n) is 6.77. The second-order valence-corrected chi connectivity index (χ2v) is 10.4. The molecule has 1 aromatic carbocycles. The lowest BCUT2D eigenvalue weighted by molar-refractivity contribution is -0.104. The van der Waals surface area contributed by atoms with Crippen LogP contribution in [0.4, 0.5) is 5.69 Å². The fraction of sp³-hybridized carbons (Fsp3) is 0.581. The van der Waals surface area contributed by atoms with E-state index in [1.165, 1.54) is 48.1 Å². The van der Waals surface area contributed by atoms with E-state index in [4.69, 9.17) is 4.74 Å². The molecule has 0 amide bonds. The number of carbonyl (C=O) groups is 1. The number of hydrogen-bond acceptors (Lipinski definition) is 3. The van der Waals surface area contributed by atoms with Crippen LogP contribution in [0.5, 0.6) is 5.75 Å². The van der Waals surface area contributed by atoms with Gasteiger partial charge in [0.25, 0.3) is 0 Å². The Hall–Kier alpha value is -2.29. The molecule has 3 nitrogen and oxygen atoms in total. The highest BCUT2D eigenvalue weighted by Crippen LogP contribution is 2.44. The van der Waals surface area contributed by atoms with Gasteiger partial charge < -0.3 is 9.64 Å². The van der Waals surface area contributed by atoms with Crippen LogP contribution in [0.15, 0.2) is 47.1 Å². The summed E-state index contributed by atoms with van der Waals surface area (Å²) in [6.07, 6.45) is 17.3. The van der Waals surface area contributed by atoms with Gasteiger partial charge in [-0.1, -0.05) is 66.0 Å². The van der Waals surface area contributed by atoms with Crippen molar-refractivity contribution in [3.63, 3.8) is 0 Å². The van der Waals surface area contributed by atoms with Crippen molar-refractivity contribution in [2.75, 3.05) is 25.1 Å². The van der Waals surface area contributed by atoms with Crippen LogP contribution in [0.2, 0.25) is 0 Å². The largest absolute Gasteiger partial charge is 0.496 e. The van der Waals surface area contributed by atoms with Crippen molar-refractivity contribution in [3.8, 4) is 5.75 Å². The van der Waals surface area contributed by atoms with Crippen molar-refractivity contribution in [3.05, 3.63) is 52.6 Å². The second kappa shape index (κ2) is 14.2. The molecule has 0 heterocycles. The Bertz CT molecular complexity index is 867. The molecule has 2 rings (SSSR count). The van der Waals surface area contributed by atoms with E-state index >= 15 is 0 Å². The lowest BCUT2D eigenvalue weighted by Crippen LogP contribution is -2.25. The molecule has 1 aliphatic carbocycles. The van der Waals surface area contributed by atoms with Gasteiger partial charge in [0.15, 0.2) is 0 Å². The van der Waals surface area contributed by atoms with E-state index in [0.717, 1.165) is 62.8 Å². The number of aldehydes is 1. The van der Waals surface area contributed by atoms with Crippen LogP contribution in [-0.4, -0.2) is 26.5 Å². The zero-order valence-corrected chi connectivity index (χ0v) is 22.6. The molecule has 0 spiro atoms. The minimum atomic E-state index is 0.150. The molecular formula is C31H47NO2. The van der Waals surface area contributed by atoms with Crippen molar-refractivity contribution >= 4 is 18.0 Å². The van der Waals surface area contributed by atoms with Gasteiger partial charge in [0.2, 0.25) is 0 Å². The summed E-state index contributed by atoms with van der Waals surface area (Å²) in [4.78, 5) is 13.8. The Morgan fingerprint density at radius 2 is 1.65 bits per heavy atom. The molecule has 0 saturated carbocycles. The zero-order chi connectivity index (χ0) is 25.0. The number of anilines is 1. The lowest BCUT2D eigenvalue weighted by Gasteiger charge is -2.34. The minimum absolute atomic E-state index is 0.150. The van der Waals surface area contributed by atoms with E-state index in [2.05, 4.69) is 69.9 Å². The van der Waals surface area contributed by atoms with Gasteiger partial charge in [0, 0.05) is 30.4 Å². The molecule has 0 saturated heterocycles. The van der Waals surface area contributed by atoms with Gasteiger partial charge in [-0.2, -0.15) is 0 Å². The summed E-state index contributed by atoms with van der Waals surface area (Å²) in [5.41, 5.74) is 6.43. The van der Waals surface area contributed by atoms with Crippen LogP contribution >= 0.6 is 0 Å². The summed E-state index contributed by atoms with van der Waals surface area (Å²) in [6, 6.07) is 6.63. The first kappa shape index (κ1) is 28.0. The summed E-state index contributed by atoms with van der Waals surface area (Å²) in [5, 5.41) is 0. The molecule has 34 heavy (non-hydrogen) atoms. The number of benzene rings is 1. The first-order valence-electron chi connectivity index (χ1n) is 13.4. The number of ether oxygens (including phenoxy) is 1. The number of carbonyl (C=O) groups excluding carboxylic acids is 1. The maximum Gasteiger partial charge on any atom is 0.143 e. The van der Waals surface area contributed by atoms with Gasteiger partial charge in [-0.3, -0.25) is 4.79 Å². The van der Waals surface area contributed by atoms with Crippen LogP contribution in [0.1, 0.15) is 98.0 Å². The van der Waals surface area contributed by atoms with Crippen LogP contribution in [0.25, 0.3) is 6.08 Å². The Kier molecular flexibility index (Phi) is 11.7. The third kappa shape index (κ3) is 8.18. The van der Waals surface area contributed by atoms with Crippen LogP contribution < -0.4 is 9.64 Å². The molecule has 0 radical (unpaired) electrons. The standard InChI is InChI=1S/C31H47NO2/c1-7-10-13-29-26(23-31(4,5)24-27(29)18-21-33)15-14-25-16-17-28(22-30(25)34-6)32(19-11-8-2)20-12-9-3/h14-18,21-22H,7-13,19-20,23-24H2,1-6H3. The van der Waals surface area contributed by atoms with Crippen molar-refractivity contribution in [1.82, 2.24) is 0 Å². The number of rotatable bonds is 14. The Labute approximate surface area is 209 Å².